The molecule has 21 heavy (non-hydrogen) atoms. The van der Waals surface area contributed by atoms with Gasteiger partial charge in [-0.3, -0.25) is 9.63 Å². The van der Waals surface area contributed by atoms with Crippen molar-refractivity contribution in [1.82, 2.24) is 5.01 Å². The number of carbonyl (C=O) groups excluding carboxylic acids is 1. The molecule has 0 aliphatic rings. The third-order valence-corrected chi connectivity index (χ3v) is 2.55. The Morgan fingerprint density at radius 3 is 2.38 bits per heavy atom. The van der Waals surface area contributed by atoms with Crippen molar-refractivity contribution in [2.45, 2.75) is 52.9 Å². The number of aliphatic carboxylic acids is 1. The Balaban J connectivity index is 4.65. The summed E-state index contributed by atoms with van der Waals surface area (Å²) in [5.74, 6) is -1.54. The highest BCUT2D eigenvalue weighted by atomic mass is 16.8. The average molecular weight is 305 g/mol. The van der Waals surface area contributed by atoms with Crippen molar-refractivity contribution in [2.75, 3.05) is 7.05 Å². The summed E-state index contributed by atoms with van der Waals surface area (Å²) in [6.45, 7) is 6.70. The topological polar surface area (TPSA) is 114 Å². The highest BCUT2D eigenvalue weighted by Crippen LogP contribution is 2.11. The zero-order valence-electron chi connectivity index (χ0n) is 13.0. The lowest BCUT2D eigenvalue weighted by atomic mass is 10.0. The summed E-state index contributed by atoms with van der Waals surface area (Å²) < 4.78 is 4.75. The molecule has 122 valence electrons. The predicted octanol–water partition coefficient (Wildman–Crippen LogP) is 1.53. The summed E-state index contributed by atoms with van der Waals surface area (Å²) in [5, 5.41) is 24.9. The van der Waals surface area contributed by atoms with Gasteiger partial charge in [0.1, 0.15) is 0 Å². The highest BCUT2D eigenvalue weighted by Gasteiger charge is 2.29. The highest BCUT2D eigenvalue weighted by molar-refractivity contribution is 5.73. The van der Waals surface area contributed by atoms with Crippen LogP contribution >= 0.6 is 0 Å². The van der Waals surface area contributed by atoms with Crippen molar-refractivity contribution in [3.8, 4) is 0 Å². The van der Waals surface area contributed by atoms with E-state index in [1.807, 2.05) is 13.8 Å². The van der Waals surface area contributed by atoms with Crippen molar-refractivity contribution in [1.29, 1.82) is 0 Å². The summed E-state index contributed by atoms with van der Waals surface area (Å²) in [5.41, 5.74) is 0. The normalized spacial score (nSPS) is 14.5. The van der Waals surface area contributed by atoms with Crippen LogP contribution in [0.15, 0.2) is 5.28 Å². The predicted molar refractivity (Wildman–Crippen MR) is 71.6 cm³/mol. The van der Waals surface area contributed by atoms with Gasteiger partial charge in [0.15, 0.2) is 6.04 Å². The van der Waals surface area contributed by atoms with E-state index in [1.54, 1.807) is 6.92 Å². The molecule has 0 radical (unpaired) electrons. The third kappa shape index (κ3) is 7.33. The van der Waals surface area contributed by atoms with Crippen LogP contribution in [0, 0.1) is 11.1 Å². The molecule has 0 spiro atoms. The number of hydrogen-bond donors (Lipinski definition) is 1. The first-order valence-electron chi connectivity index (χ1n) is 6.68. The number of nitrogens with zero attached hydrogens (tertiary/aromatic N) is 3. The molecule has 0 aliphatic heterocycles. The Hall–Kier alpha value is -2.06. The Labute approximate surface area is 123 Å². The van der Waals surface area contributed by atoms with Gasteiger partial charge in [0.05, 0.1) is 12.0 Å². The molecular weight excluding hydrogens is 282 g/mol. The molecule has 0 aromatic rings. The number of carbonyl (C=O) groups is 2. The lowest BCUT2D eigenvalue weighted by Crippen LogP contribution is -2.43. The molecule has 0 fully saturated rings. The first-order chi connectivity index (χ1) is 9.68. The van der Waals surface area contributed by atoms with E-state index < -0.39 is 24.3 Å². The van der Waals surface area contributed by atoms with Crippen LogP contribution in [0.25, 0.3) is 0 Å². The molecule has 9 heteroatoms. The van der Waals surface area contributed by atoms with Gasteiger partial charge in [0.25, 0.3) is 6.29 Å². The summed E-state index contributed by atoms with van der Waals surface area (Å²) >= 11 is 0. The van der Waals surface area contributed by atoms with Crippen LogP contribution in [0.3, 0.4) is 0 Å². The van der Waals surface area contributed by atoms with Crippen LogP contribution in [0.2, 0.25) is 0 Å². The van der Waals surface area contributed by atoms with E-state index in [2.05, 4.69) is 5.28 Å². The van der Waals surface area contributed by atoms with Gasteiger partial charge in [-0.05, 0) is 12.3 Å². The molecule has 1 unspecified atom stereocenters. The van der Waals surface area contributed by atoms with Gasteiger partial charge in [0, 0.05) is 13.3 Å². The quantitative estimate of drug-likeness (QED) is 0.226. The Morgan fingerprint density at radius 1 is 1.38 bits per heavy atom. The minimum atomic E-state index is -1.13. The SMILES string of the molecule is CCC(=O)OC(C)O/N=[N+](\[O-])N(C)[C@@H](CC(C)C)C(=O)O. The lowest BCUT2D eigenvalue weighted by molar-refractivity contribution is -0.712. The molecule has 1 N–H and O–H groups in total. The number of hydrogen-bond acceptors (Lipinski definition) is 6. The third-order valence-electron chi connectivity index (χ3n) is 2.55. The second kappa shape index (κ2) is 8.98. The smallest absolute Gasteiger partial charge is 0.332 e. The molecule has 0 rings (SSSR count). The summed E-state index contributed by atoms with van der Waals surface area (Å²) in [6.07, 6.45) is -0.583. The zero-order chi connectivity index (χ0) is 16.6. The van der Waals surface area contributed by atoms with Gasteiger partial charge in [0.2, 0.25) is 5.28 Å². The van der Waals surface area contributed by atoms with Gasteiger partial charge in [-0.25, -0.2) is 4.79 Å². The van der Waals surface area contributed by atoms with Gasteiger partial charge in [-0.15, -0.1) is 5.01 Å². The maximum Gasteiger partial charge on any atom is 0.332 e. The number of hydrazine groups is 1. The number of carboxylic acids is 1. The van der Waals surface area contributed by atoms with Crippen LogP contribution in [-0.4, -0.2) is 46.4 Å². The molecule has 0 heterocycles. The minimum absolute atomic E-state index is 0.0252. The first kappa shape index (κ1) is 18.9. The monoisotopic (exact) mass is 305 g/mol. The van der Waals surface area contributed by atoms with E-state index in [-0.39, 0.29) is 23.7 Å². The van der Waals surface area contributed by atoms with Crippen molar-refractivity contribution >= 4 is 11.9 Å². The molecule has 0 saturated carbocycles. The minimum Gasteiger partial charge on any atom is -0.569 e. The van der Waals surface area contributed by atoms with Gasteiger partial charge >= 0.3 is 11.9 Å². The Kier molecular flexibility index (Phi) is 8.10. The number of carboxylic acid groups (broad SMARTS) is 1. The standard InChI is InChI=1S/C12H23N3O6/c1-6-11(16)20-9(4)21-13-15(19)14(5)10(12(17)18)7-8(2)3/h8-10H,6-7H2,1-5H3,(H,17,18)/b15-13-/t9?,10-/m0/s1. The maximum absolute atomic E-state index is 11.7. The molecule has 2 atom stereocenters. The van der Waals surface area contributed by atoms with Crippen molar-refractivity contribution in [2.24, 2.45) is 11.2 Å². The molecule has 0 aromatic carbocycles. The van der Waals surface area contributed by atoms with Gasteiger partial charge in [-0.2, -0.15) is 0 Å². The number of ether oxygens (including phenoxy) is 1. The lowest BCUT2D eigenvalue weighted by Gasteiger charge is -2.21. The second-order valence-electron chi connectivity index (χ2n) is 4.91. The molecule has 0 saturated heterocycles. The van der Waals surface area contributed by atoms with Gasteiger partial charge in [-0.1, -0.05) is 20.8 Å². The van der Waals surface area contributed by atoms with E-state index in [9.17, 15) is 14.8 Å². The Bertz CT molecular complexity index is 385. The summed E-state index contributed by atoms with van der Waals surface area (Å²) in [4.78, 5) is 26.9. The molecule has 0 amide bonds. The second-order valence-corrected chi connectivity index (χ2v) is 4.91. The van der Waals surface area contributed by atoms with Gasteiger partial charge < -0.3 is 15.1 Å². The van der Waals surface area contributed by atoms with E-state index >= 15 is 0 Å². The molecule has 9 nitrogen and oxygen atoms in total. The zero-order valence-corrected chi connectivity index (χ0v) is 13.0. The number of likely N-dealkylation sites (N-methyl/N-ethyl adjacent to an activating group) is 1. The number of esters is 1. The molecule has 0 aromatic heterocycles. The fourth-order valence-corrected chi connectivity index (χ4v) is 1.43. The number of rotatable bonds is 9. The van der Waals surface area contributed by atoms with Crippen LogP contribution in [0.4, 0.5) is 0 Å². The summed E-state index contributed by atoms with van der Waals surface area (Å²) in [6, 6.07) is -1.02. The average Bonchev–Trinajstić information content (AvgIpc) is 2.40. The largest absolute Gasteiger partial charge is 0.569 e. The van der Waals surface area contributed by atoms with Crippen molar-refractivity contribution < 1.29 is 29.2 Å². The fourth-order valence-electron chi connectivity index (χ4n) is 1.43. The van der Waals surface area contributed by atoms with Crippen molar-refractivity contribution in [3.63, 3.8) is 0 Å². The Morgan fingerprint density at radius 2 is 1.95 bits per heavy atom. The van der Waals surface area contributed by atoms with Crippen LogP contribution < -0.4 is 0 Å². The first-order valence-corrected chi connectivity index (χ1v) is 6.68. The maximum atomic E-state index is 11.7. The van der Waals surface area contributed by atoms with E-state index in [4.69, 9.17) is 14.7 Å². The van der Waals surface area contributed by atoms with Crippen LogP contribution in [0.5, 0.6) is 0 Å². The van der Waals surface area contributed by atoms with E-state index in [0.29, 0.717) is 0 Å². The van der Waals surface area contributed by atoms with E-state index in [0.717, 1.165) is 5.01 Å². The van der Waals surface area contributed by atoms with E-state index in [1.165, 1.54) is 14.0 Å². The van der Waals surface area contributed by atoms with Crippen LogP contribution in [0.1, 0.15) is 40.5 Å². The van der Waals surface area contributed by atoms with Crippen molar-refractivity contribution in [3.05, 3.63) is 5.21 Å². The molecular formula is C12H23N3O6. The fraction of sp³-hybridized carbons (Fsp3) is 0.833. The summed E-state index contributed by atoms with van der Waals surface area (Å²) in [7, 11) is 1.30. The molecule has 0 bridgehead atoms. The van der Waals surface area contributed by atoms with Crippen LogP contribution in [-0.2, 0) is 19.2 Å². The molecule has 0 aliphatic carbocycles.